The van der Waals surface area contributed by atoms with E-state index in [1.165, 1.54) is 0 Å². The number of halogens is 1. The topological polar surface area (TPSA) is 49.9 Å². The number of hydrogen-bond acceptors (Lipinski definition) is 4. The molecule has 2 rings (SSSR count). The molecule has 0 bridgehead atoms. The number of rotatable bonds is 8. The van der Waals surface area contributed by atoms with Crippen molar-refractivity contribution >= 4 is 23.3 Å². The van der Waals surface area contributed by atoms with Gasteiger partial charge in [-0.25, -0.2) is 0 Å². The van der Waals surface area contributed by atoms with Crippen molar-refractivity contribution in [3.05, 3.63) is 34.9 Å². The Kier molecular flexibility index (Phi) is 8.07. The van der Waals surface area contributed by atoms with Gasteiger partial charge >= 0.3 is 0 Å². The lowest BCUT2D eigenvalue weighted by Crippen LogP contribution is -2.58. The largest absolute Gasteiger partial charge is 0.385 e. The number of ether oxygens (including phenoxy) is 1. The third-order valence-corrected chi connectivity index (χ3v) is 5.17. The zero-order valence-corrected chi connectivity index (χ0v) is 16.7. The Bertz CT molecular complexity index is 611. The molecule has 1 heterocycles. The highest BCUT2D eigenvalue weighted by Crippen LogP contribution is 2.18. The van der Waals surface area contributed by atoms with Gasteiger partial charge in [-0.1, -0.05) is 23.7 Å². The number of ketones is 1. The number of Topliss-reactive ketones (excluding diaryl/α,β-unsaturated/α-hetero) is 1. The van der Waals surface area contributed by atoms with Gasteiger partial charge in [0.15, 0.2) is 5.78 Å². The van der Waals surface area contributed by atoms with Gasteiger partial charge in [0.25, 0.3) is 0 Å². The molecule has 1 aromatic carbocycles. The van der Waals surface area contributed by atoms with E-state index in [1.807, 2.05) is 4.90 Å². The summed E-state index contributed by atoms with van der Waals surface area (Å²) in [4.78, 5) is 29.2. The number of amides is 1. The van der Waals surface area contributed by atoms with Gasteiger partial charge in [-0.15, -0.1) is 0 Å². The number of carbonyl (C=O) groups excluding carboxylic acids is 2. The highest BCUT2D eigenvalue weighted by Gasteiger charge is 2.31. The van der Waals surface area contributed by atoms with Gasteiger partial charge in [0, 0.05) is 68.9 Å². The lowest BCUT2D eigenvalue weighted by molar-refractivity contribution is -0.135. The first-order valence-electron chi connectivity index (χ1n) is 9.23. The number of hydrogen-bond donors (Lipinski definition) is 0. The highest BCUT2D eigenvalue weighted by molar-refractivity contribution is 6.31. The van der Waals surface area contributed by atoms with Crippen molar-refractivity contribution in [3.63, 3.8) is 0 Å². The Hall–Kier alpha value is -1.43. The maximum Gasteiger partial charge on any atom is 0.223 e. The van der Waals surface area contributed by atoms with Gasteiger partial charge in [-0.3, -0.25) is 14.5 Å². The normalized spacial score (nSPS) is 21.0. The fourth-order valence-electron chi connectivity index (χ4n) is 3.58. The van der Waals surface area contributed by atoms with Crippen LogP contribution in [0.15, 0.2) is 24.3 Å². The van der Waals surface area contributed by atoms with Gasteiger partial charge in [0.2, 0.25) is 5.91 Å². The standard InChI is InChI=1S/C20H29ClN2O3/c1-15-13-22(14-16(2)23(15)10-5-11-26-3)20(25)9-8-19(24)17-6-4-7-18(21)12-17/h4,6-7,12,15-16H,5,8-11,13-14H2,1-3H3. The summed E-state index contributed by atoms with van der Waals surface area (Å²) in [6.07, 6.45) is 1.46. The Labute approximate surface area is 161 Å². The first-order valence-corrected chi connectivity index (χ1v) is 9.61. The van der Waals surface area contributed by atoms with Crippen molar-refractivity contribution in [1.82, 2.24) is 9.80 Å². The van der Waals surface area contributed by atoms with E-state index in [0.29, 0.717) is 35.8 Å². The van der Waals surface area contributed by atoms with Crippen molar-refractivity contribution in [2.75, 3.05) is 33.4 Å². The molecular formula is C20H29ClN2O3. The van der Waals surface area contributed by atoms with E-state index in [2.05, 4.69) is 18.7 Å². The maximum absolute atomic E-state index is 12.6. The van der Waals surface area contributed by atoms with Crippen LogP contribution in [0.4, 0.5) is 0 Å². The van der Waals surface area contributed by atoms with Crippen molar-refractivity contribution in [1.29, 1.82) is 0 Å². The second-order valence-corrected chi connectivity index (χ2v) is 7.45. The fraction of sp³-hybridized carbons (Fsp3) is 0.600. The molecule has 0 aromatic heterocycles. The molecule has 1 aliphatic rings. The van der Waals surface area contributed by atoms with E-state index < -0.39 is 0 Å². The van der Waals surface area contributed by atoms with Crippen LogP contribution in [0.5, 0.6) is 0 Å². The smallest absolute Gasteiger partial charge is 0.223 e. The summed E-state index contributed by atoms with van der Waals surface area (Å²) >= 11 is 5.92. The third-order valence-electron chi connectivity index (χ3n) is 4.93. The third kappa shape index (κ3) is 5.79. The van der Waals surface area contributed by atoms with E-state index in [4.69, 9.17) is 16.3 Å². The van der Waals surface area contributed by atoms with Crippen LogP contribution in [-0.4, -0.2) is 66.9 Å². The van der Waals surface area contributed by atoms with Gasteiger partial charge in [-0.05, 0) is 32.4 Å². The first kappa shape index (κ1) is 20.9. The molecule has 0 aliphatic carbocycles. The van der Waals surface area contributed by atoms with Crippen LogP contribution in [0.25, 0.3) is 0 Å². The summed E-state index contributed by atoms with van der Waals surface area (Å²) in [5.74, 6) is 0.00997. The zero-order valence-electron chi connectivity index (χ0n) is 15.9. The average Bonchev–Trinajstić information content (AvgIpc) is 2.61. The number of methoxy groups -OCH3 is 1. The summed E-state index contributed by atoms with van der Waals surface area (Å²) in [6, 6.07) is 7.49. The van der Waals surface area contributed by atoms with Crippen LogP contribution in [0.1, 0.15) is 43.5 Å². The molecule has 0 spiro atoms. The van der Waals surface area contributed by atoms with Crippen molar-refractivity contribution in [3.8, 4) is 0 Å². The lowest BCUT2D eigenvalue weighted by atomic mass is 10.0. The van der Waals surface area contributed by atoms with E-state index in [-0.39, 0.29) is 24.5 Å². The molecular weight excluding hydrogens is 352 g/mol. The van der Waals surface area contributed by atoms with Crippen molar-refractivity contribution < 1.29 is 14.3 Å². The van der Waals surface area contributed by atoms with E-state index >= 15 is 0 Å². The lowest BCUT2D eigenvalue weighted by Gasteiger charge is -2.44. The van der Waals surface area contributed by atoms with Gasteiger partial charge < -0.3 is 9.64 Å². The minimum absolute atomic E-state index is 0.0415. The van der Waals surface area contributed by atoms with Crippen molar-refractivity contribution in [2.45, 2.75) is 45.2 Å². The number of nitrogens with zero attached hydrogens (tertiary/aromatic N) is 2. The Morgan fingerprint density at radius 1 is 1.19 bits per heavy atom. The quantitative estimate of drug-likeness (QED) is 0.513. The van der Waals surface area contributed by atoms with Crippen molar-refractivity contribution in [2.24, 2.45) is 0 Å². The van der Waals surface area contributed by atoms with Crippen LogP contribution < -0.4 is 0 Å². The molecule has 0 radical (unpaired) electrons. The maximum atomic E-state index is 12.6. The fourth-order valence-corrected chi connectivity index (χ4v) is 3.77. The van der Waals surface area contributed by atoms with Gasteiger partial charge in [-0.2, -0.15) is 0 Å². The predicted molar refractivity (Wildman–Crippen MR) is 104 cm³/mol. The summed E-state index contributed by atoms with van der Waals surface area (Å²) in [6.45, 7) is 7.46. The molecule has 26 heavy (non-hydrogen) atoms. The summed E-state index contributed by atoms with van der Waals surface area (Å²) in [7, 11) is 1.72. The molecule has 2 unspecified atom stereocenters. The summed E-state index contributed by atoms with van der Waals surface area (Å²) in [5.41, 5.74) is 0.565. The first-order chi connectivity index (χ1) is 12.4. The predicted octanol–water partition coefficient (Wildman–Crippen LogP) is 3.26. The van der Waals surface area contributed by atoms with Crippen LogP contribution in [0.2, 0.25) is 5.02 Å². The average molecular weight is 381 g/mol. The molecule has 1 saturated heterocycles. The molecule has 1 fully saturated rings. The molecule has 5 nitrogen and oxygen atoms in total. The van der Waals surface area contributed by atoms with Crippen LogP contribution in [0.3, 0.4) is 0 Å². The second-order valence-electron chi connectivity index (χ2n) is 7.01. The van der Waals surface area contributed by atoms with Crippen LogP contribution in [-0.2, 0) is 9.53 Å². The van der Waals surface area contributed by atoms with E-state index in [1.54, 1.807) is 31.4 Å². The zero-order chi connectivity index (χ0) is 19.1. The molecule has 1 aromatic rings. The second kappa shape index (κ2) is 10.0. The molecule has 1 amide bonds. The molecule has 6 heteroatoms. The highest BCUT2D eigenvalue weighted by atomic mass is 35.5. The van der Waals surface area contributed by atoms with Crippen LogP contribution in [0, 0.1) is 0 Å². The van der Waals surface area contributed by atoms with Crippen LogP contribution >= 0.6 is 11.6 Å². The Morgan fingerprint density at radius 3 is 2.50 bits per heavy atom. The summed E-state index contributed by atoms with van der Waals surface area (Å²) < 4.78 is 5.13. The number of carbonyl (C=O) groups is 2. The SMILES string of the molecule is COCCCN1C(C)CN(C(=O)CCC(=O)c2cccc(Cl)c2)CC1C. The Balaban J connectivity index is 1.83. The number of benzene rings is 1. The molecule has 2 atom stereocenters. The van der Waals surface area contributed by atoms with Gasteiger partial charge in [0.05, 0.1) is 0 Å². The summed E-state index contributed by atoms with van der Waals surface area (Å²) in [5, 5.41) is 0.537. The Morgan fingerprint density at radius 2 is 1.88 bits per heavy atom. The van der Waals surface area contributed by atoms with Gasteiger partial charge in [0.1, 0.15) is 0 Å². The van der Waals surface area contributed by atoms with E-state index in [0.717, 1.165) is 19.6 Å². The molecule has 144 valence electrons. The van der Waals surface area contributed by atoms with E-state index in [9.17, 15) is 9.59 Å². The minimum Gasteiger partial charge on any atom is -0.385 e. The number of piperazine rings is 1. The molecule has 0 saturated carbocycles. The minimum atomic E-state index is -0.0415. The monoisotopic (exact) mass is 380 g/mol. The molecule has 0 N–H and O–H groups in total. The molecule has 1 aliphatic heterocycles.